The predicted molar refractivity (Wildman–Crippen MR) is 142 cm³/mol. The number of anilines is 1. The maximum atomic E-state index is 14.9. The van der Waals surface area contributed by atoms with Crippen LogP contribution in [-0.4, -0.2) is 77.7 Å². The van der Waals surface area contributed by atoms with E-state index in [9.17, 15) is 13.9 Å². The van der Waals surface area contributed by atoms with Crippen molar-refractivity contribution >= 4 is 28.9 Å². The van der Waals surface area contributed by atoms with Gasteiger partial charge in [0.25, 0.3) is 0 Å². The molecule has 206 valence electrons. The highest BCUT2D eigenvalue weighted by Crippen LogP contribution is 2.37. The minimum absolute atomic E-state index is 0.0947. The second-order valence-electron chi connectivity index (χ2n) is 9.51. The Kier molecular flexibility index (Phi) is 8.08. The molecule has 1 aliphatic heterocycles. The summed E-state index contributed by atoms with van der Waals surface area (Å²) >= 11 is 12.8. The first-order valence-corrected chi connectivity index (χ1v) is 13.2. The van der Waals surface area contributed by atoms with Gasteiger partial charge in [0.05, 0.1) is 28.3 Å². The van der Waals surface area contributed by atoms with Crippen LogP contribution in [-0.2, 0) is 18.6 Å². The van der Waals surface area contributed by atoms with Gasteiger partial charge in [0.15, 0.2) is 5.82 Å². The maximum absolute atomic E-state index is 14.9. The highest BCUT2D eigenvalue weighted by Gasteiger charge is 2.42. The molecule has 1 saturated heterocycles. The minimum atomic E-state index is -1.87. The van der Waals surface area contributed by atoms with E-state index in [1.165, 1.54) is 28.1 Å². The van der Waals surface area contributed by atoms with E-state index < -0.39 is 23.3 Å². The zero-order valence-corrected chi connectivity index (χ0v) is 22.6. The number of nitrogens with zero attached hydrogens (tertiary/aromatic N) is 9. The van der Waals surface area contributed by atoms with Gasteiger partial charge in [0, 0.05) is 50.8 Å². The van der Waals surface area contributed by atoms with Crippen LogP contribution in [0.25, 0.3) is 0 Å². The van der Waals surface area contributed by atoms with Gasteiger partial charge in [-0.1, -0.05) is 35.3 Å². The van der Waals surface area contributed by atoms with Crippen molar-refractivity contribution in [3.05, 3.63) is 82.1 Å². The predicted octanol–water partition coefficient (Wildman–Crippen LogP) is 3.36. The number of hydrogen-bond donors (Lipinski definition) is 1. The summed E-state index contributed by atoms with van der Waals surface area (Å²) in [6.07, 6.45) is 3.22. The molecular formula is C25H27Cl2F2N9O. The Morgan fingerprint density at radius 2 is 1.82 bits per heavy atom. The molecule has 2 unspecified atom stereocenters. The molecule has 1 aliphatic rings. The van der Waals surface area contributed by atoms with Crippen LogP contribution in [0.15, 0.2) is 49.1 Å². The molecule has 2 aromatic heterocycles. The SMILES string of the molecule is CC(n1nnnc1CCN1CCN(c2c(Cl)cccc2Cl)CC1)C(O)(Cn1cncn1)c1ccc(F)cc1F. The van der Waals surface area contributed by atoms with E-state index in [4.69, 9.17) is 23.2 Å². The second-order valence-corrected chi connectivity index (χ2v) is 10.3. The molecule has 39 heavy (non-hydrogen) atoms. The first kappa shape index (κ1) is 27.4. The van der Waals surface area contributed by atoms with E-state index >= 15 is 0 Å². The fourth-order valence-electron chi connectivity index (χ4n) is 4.97. The number of tetrazole rings is 1. The lowest BCUT2D eigenvalue weighted by Crippen LogP contribution is -2.47. The van der Waals surface area contributed by atoms with Gasteiger partial charge in [0.2, 0.25) is 0 Å². The number of piperazine rings is 1. The zero-order valence-electron chi connectivity index (χ0n) is 21.1. The molecule has 0 saturated carbocycles. The van der Waals surface area contributed by atoms with Crippen molar-refractivity contribution in [1.82, 2.24) is 39.9 Å². The van der Waals surface area contributed by atoms with Gasteiger partial charge < -0.3 is 10.0 Å². The Morgan fingerprint density at radius 1 is 1.08 bits per heavy atom. The molecule has 2 atom stereocenters. The third-order valence-electron chi connectivity index (χ3n) is 7.16. The minimum Gasteiger partial charge on any atom is -0.381 e. The van der Waals surface area contributed by atoms with Crippen molar-refractivity contribution in [3.8, 4) is 0 Å². The molecular weight excluding hydrogens is 551 g/mol. The standard InChI is InChI=1S/C25H27Cl2F2N9O/c1-17(25(39,14-37-16-30-15-31-37)19-6-5-18(28)13-22(19)29)38-23(32-33-34-38)7-8-35-9-11-36(12-10-35)24-20(26)3-2-4-21(24)27/h2-6,13,15-17,39H,7-12,14H2,1H3. The van der Waals surface area contributed by atoms with E-state index in [0.717, 1.165) is 44.0 Å². The molecule has 1 fully saturated rings. The molecule has 5 rings (SSSR count). The Bertz CT molecular complexity index is 1390. The molecule has 14 heteroatoms. The van der Waals surface area contributed by atoms with Gasteiger partial charge in [0.1, 0.15) is 29.9 Å². The molecule has 0 radical (unpaired) electrons. The Hall–Kier alpha value is -3.19. The number of aromatic nitrogens is 7. The molecule has 10 nitrogen and oxygen atoms in total. The number of aliphatic hydroxyl groups is 1. The van der Waals surface area contributed by atoms with Gasteiger partial charge in [-0.3, -0.25) is 4.90 Å². The van der Waals surface area contributed by atoms with Crippen LogP contribution in [0.5, 0.6) is 0 Å². The van der Waals surface area contributed by atoms with Gasteiger partial charge in [-0.05, 0) is 35.5 Å². The van der Waals surface area contributed by atoms with E-state index in [2.05, 4.69) is 35.4 Å². The normalized spacial score (nSPS) is 16.8. The van der Waals surface area contributed by atoms with Crippen molar-refractivity contribution in [3.63, 3.8) is 0 Å². The molecule has 0 amide bonds. The van der Waals surface area contributed by atoms with E-state index in [1.54, 1.807) is 6.92 Å². The number of benzene rings is 2. The van der Waals surface area contributed by atoms with E-state index in [-0.39, 0.29) is 12.1 Å². The lowest BCUT2D eigenvalue weighted by atomic mass is 9.86. The first-order valence-electron chi connectivity index (χ1n) is 12.4. The monoisotopic (exact) mass is 577 g/mol. The summed E-state index contributed by atoms with van der Waals surface area (Å²) in [4.78, 5) is 8.37. The number of hydrogen-bond acceptors (Lipinski definition) is 8. The van der Waals surface area contributed by atoms with Crippen molar-refractivity contribution in [1.29, 1.82) is 0 Å². The molecule has 1 N–H and O–H groups in total. The van der Waals surface area contributed by atoms with Crippen LogP contribution in [0.3, 0.4) is 0 Å². The number of para-hydroxylation sites is 1. The summed E-state index contributed by atoms with van der Waals surface area (Å²) in [6, 6.07) is 7.74. The second kappa shape index (κ2) is 11.5. The average molecular weight is 578 g/mol. The number of halogens is 4. The lowest BCUT2D eigenvalue weighted by Gasteiger charge is -2.37. The van der Waals surface area contributed by atoms with Crippen LogP contribution in [0, 0.1) is 11.6 Å². The van der Waals surface area contributed by atoms with Crippen LogP contribution in [0.1, 0.15) is 24.4 Å². The molecule has 0 spiro atoms. The molecule has 0 aliphatic carbocycles. The van der Waals surface area contributed by atoms with Gasteiger partial charge >= 0.3 is 0 Å². The van der Waals surface area contributed by atoms with Crippen molar-refractivity contribution < 1.29 is 13.9 Å². The molecule has 2 aromatic carbocycles. The summed E-state index contributed by atoms with van der Waals surface area (Å²) in [7, 11) is 0. The summed E-state index contributed by atoms with van der Waals surface area (Å²) in [5, 5.41) is 29.3. The third-order valence-corrected chi connectivity index (χ3v) is 7.77. The third kappa shape index (κ3) is 5.74. The maximum Gasteiger partial charge on any atom is 0.153 e. The summed E-state index contributed by atoms with van der Waals surface area (Å²) in [6.45, 7) is 5.29. The fraction of sp³-hybridized carbons (Fsp3) is 0.400. The summed E-state index contributed by atoms with van der Waals surface area (Å²) in [5.41, 5.74) is -1.12. The topological polar surface area (TPSA) is 101 Å². The van der Waals surface area contributed by atoms with E-state index in [0.29, 0.717) is 28.8 Å². The average Bonchev–Trinajstić information content (AvgIpc) is 3.59. The molecule has 0 bridgehead atoms. The van der Waals surface area contributed by atoms with Gasteiger partial charge in [-0.25, -0.2) is 23.1 Å². The zero-order chi connectivity index (χ0) is 27.6. The Balaban J connectivity index is 1.30. The number of rotatable bonds is 9. The quantitative estimate of drug-likeness (QED) is 0.323. The highest BCUT2D eigenvalue weighted by molar-refractivity contribution is 6.39. The van der Waals surface area contributed by atoms with E-state index in [1.807, 2.05) is 18.2 Å². The van der Waals surface area contributed by atoms with Crippen LogP contribution < -0.4 is 4.90 Å². The van der Waals surface area contributed by atoms with Crippen LogP contribution in [0.2, 0.25) is 10.0 Å². The Labute approximate surface area is 233 Å². The largest absolute Gasteiger partial charge is 0.381 e. The summed E-state index contributed by atoms with van der Waals surface area (Å²) < 4.78 is 31.5. The van der Waals surface area contributed by atoms with Gasteiger partial charge in [-0.15, -0.1) is 5.10 Å². The van der Waals surface area contributed by atoms with Crippen LogP contribution >= 0.6 is 23.2 Å². The molecule has 3 heterocycles. The van der Waals surface area contributed by atoms with Gasteiger partial charge in [-0.2, -0.15) is 5.10 Å². The first-order chi connectivity index (χ1) is 18.8. The summed E-state index contributed by atoms with van der Waals surface area (Å²) in [5.74, 6) is -1.10. The fourth-order valence-corrected chi connectivity index (χ4v) is 5.61. The molecule has 4 aromatic rings. The van der Waals surface area contributed by atoms with Crippen molar-refractivity contribution in [2.75, 3.05) is 37.6 Å². The Morgan fingerprint density at radius 3 is 2.49 bits per heavy atom. The highest BCUT2D eigenvalue weighted by atomic mass is 35.5. The van der Waals surface area contributed by atoms with Crippen molar-refractivity contribution in [2.24, 2.45) is 0 Å². The van der Waals surface area contributed by atoms with Crippen LogP contribution in [0.4, 0.5) is 14.5 Å². The smallest absolute Gasteiger partial charge is 0.153 e. The lowest BCUT2D eigenvalue weighted by molar-refractivity contribution is -0.0384. The van der Waals surface area contributed by atoms with Crippen molar-refractivity contribution in [2.45, 2.75) is 31.5 Å².